The van der Waals surface area contributed by atoms with Gasteiger partial charge in [-0.2, -0.15) is 5.26 Å². The van der Waals surface area contributed by atoms with Gasteiger partial charge in [-0.1, -0.05) is 12.1 Å². The van der Waals surface area contributed by atoms with Crippen molar-refractivity contribution < 1.29 is 9.59 Å². The molecule has 1 aromatic rings. The summed E-state index contributed by atoms with van der Waals surface area (Å²) in [5.74, 6) is -0.279. The topological polar surface area (TPSA) is 85.2 Å². The van der Waals surface area contributed by atoms with E-state index in [1.165, 1.54) is 0 Å². The van der Waals surface area contributed by atoms with Crippen LogP contribution in [-0.2, 0) is 9.59 Å². The van der Waals surface area contributed by atoms with Crippen LogP contribution in [0.15, 0.2) is 24.3 Å². The molecule has 1 rings (SSSR count). The molecule has 6 nitrogen and oxygen atoms in total. The predicted molar refractivity (Wildman–Crippen MR) is 76.0 cm³/mol. The summed E-state index contributed by atoms with van der Waals surface area (Å²) < 4.78 is 0. The van der Waals surface area contributed by atoms with Crippen molar-refractivity contribution in [1.82, 2.24) is 10.2 Å². The SMILES string of the molecule is CNC(=O)CN(C)CCC(=O)Nc1ccccc1C#N. The Balaban J connectivity index is 2.44. The highest BCUT2D eigenvalue weighted by Crippen LogP contribution is 2.13. The van der Waals surface area contributed by atoms with Crippen LogP contribution < -0.4 is 10.6 Å². The number of nitrogens with zero attached hydrogens (tertiary/aromatic N) is 2. The lowest BCUT2D eigenvalue weighted by Gasteiger charge is -2.15. The lowest BCUT2D eigenvalue weighted by molar-refractivity contribution is -0.122. The van der Waals surface area contributed by atoms with Crippen molar-refractivity contribution in [3.8, 4) is 6.07 Å². The third kappa shape index (κ3) is 5.08. The van der Waals surface area contributed by atoms with Crippen LogP contribution in [0.25, 0.3) is 0 Å². The van der Waals surface area contributed by atoms with Crippen molar-refractivity contribution in [3.63, 3.8) is 0 Å². The number of carbonyl (C=O) groups excluding carboxylic acids is 2. The number of carbonyl (C=O) groups is 2. The van der Waals surface area contributed by atoms with E-state index in [2.05, 4.69) is 10.6 Å². The largest absolute Gasteiger partial charge is 0.358 e. The molecule has 0 spiro atoms. The number of benzene rings is 1. The molecule has 0 radical (unpaired) electrons. The van der Waals surface area contributed by atoms with E-state index < -0.39 is 0 Å². The highest BCUT2D eigenvalue weighted by molar-refractivity contribution is 5.92. The molecular weight excluding hydrogens is 256 g/mol. The number of nitrogens with one attached hydrogen (secondary N) is 2. The smallest absolute Gasteiger partial charge is 0.233 e. The maximum absolute atomic E-state index is 11.8. The van der Waals surface area contributed by atoms with Crippen molar-refractivity contribution >= 4 is 17.5 Å². The van der Waals surface area contributed by atoms with Gasteiger partial charge in [0.2, 0.25) is 11.8 Å². The first-order chi connectivity index (χ1) is 9.56. The fraction of sp³-hybridized carbons (Fsp3) is 0.357. The van der Waals surface area contributed by atoms with Crippen molar-refractivity contribution in [2.24, 2.45) is 0 Å². The number of hydrogen-bond donors (Lipinski definition) is 2. The first-order valence-corrected chi connectivity index (χ1v) is 6.25. The summed E-state index contributed by atoms with van der Waals surface area (Å²) in [6.45, 7) is 0.715. The van der Waals surface area contributed by atoms with E-state index in [4.69, 9.17) is 5.26 Å². The molecule has 2 amide bonds. The quantitative estimate of drug-likeness (QED) is 0.794. The van der Waals surface area contributed by atoms with E-state index in [0.717, 1.165) is 0 Å². The first kappa shape index (κ1) is 15.7. The zero-order chi connectivity index (χ0) is 15.0. The monoisotopic (exact) mass is 274 g/mol. The van der Waals surface area contributed by atoms with Gasteiger partial charge in [0, 0.05) is 20.0 Å². The van der Waals surface area contributed by atoms with Crippen LogP contribution >= 0.6 is 0 Å². The van der Waals surface area contributed by atoms with E-state index in [1.807, 2.05) is 6.07 Å². The maximum Gasteiger partial charge on any atom is 0.233 e. The van der Waals surface area contributed by atoms with E-state index in [9.17, 15) is 9.59 Å². The van der Waals surface area contributed by atoms with Crippen molar-refractivity contribution in [3.05, 3.63) is 29.8 Å². The fourth-order valence-corrected chi connectivity index (χ4v) is 1.60. The molecule has 0 aliphatic rings. The number of nitriles is 1. The minimum absolute atomic E-state index is 0.0947. The molecule has 0 fully saturated rings. The van der Waals surface area contributed by atoms with Crippen LogP contribution in [0, 0.1) is 11.3 Å². The van der Waals surface area contributed by atoms with Gasteiger partial charge in [-0.15, -0.1) is 0 Å². The Hall–Kier alpha value is -2.39. The lowest BCUT2D eigenvalue weighted by Crippen LogP contribution is -2.34. The Bertz CT molecular complexity index is 522. The van der Waals surface area contributed by atoms with Gasteiger partial charge in [-0.25, -0.2) is 0 Å². The molecule has 106 valence electrons. The molecule has 0 bridgehead atoms. The van der Waals surface area contributed by atoms with Gasteiger partial charge in [-0.3, -0.25) is 14.5 Å². The van der Waals surface area contributed by atoms with Gasteiger partial charge < -0.3 is 10.6 Å². The molecule has 20 heavy (non-hydrogen) atoms. The van der Waals surface area contributed by atoms with Crippen molar-refractivity contribution in [2.45, 2.75) is 6.42 Å². The number of rotatable bonds is 6. The van der Waals surface area contributed by atoms with Crippen LogP contribution in [-0.4, -0.2) is 43.9 Å². The maximum atomic E-state index is 11.8. The number of likely N-dealkylation sites (N-methyl/N-ethyl adjacent to an activating group) is 2. The molecule has 0 saturated heterocycles. The molecule has 0 aliphatic heterocycles. The van der Waals surface area contributed by atoms with Crippen LogP contribution in [0.4, 0.5) is 5.69 Å². The Morgan fingerprint density at radius 3 is 2.65 bits per heavy atom. The normalized spacial score (nSPS) is 9.90. The molecule has 0 aromatic heterocycles. The molecule has 0 unspecified atom stereocenters. The molecule has 0 heterocycles. The van der Waals surface area contributed by atoms with Gasteiger partial charge in [0.05, 0.1) is 17.8 Å². The standard InChI is InChI=1S/C14H18N4O2/c1-16-14(20)10-18(2)8-7-13(19)17-12-6-4-3-5-11(12)9-15/h3-6H,7-8,10H2,1-2H3,(H,16,20)(H,17,19). The fourth-order valence-electron chi connectivity index (χ4n) is 1.60. The summed E-state index contributed by atoms with van der Waals surface area (Å²) in [6.07, 6.45) is 0.257. The highest BCUT2D eigenvalue weighted by Gasteiger charge is 2.09. The number of hydrogen-bond acceptors (Lipinski definition) is 4. The Morgan fingerprint density at radius 2 is 2.00 bits per heavy atom. The Kier molecular flexibility index (Phi) is 6.20. The zero-order valence-corrected chi connectivity index (χ0v) is 11.6. The third-order valence-electron chi connectivity index (χ3n) is 2.73. The van der Waals surface area contributed by atoms with Crippen LogP contribution in [0.3, 0.4) is 0 Å². The number of amides is 2. The summed E-state index contributed by atoms with van der Waals surface area (Å²) in [4.78, 5) is 24.7. The Labute approximate surface area is 118 Å². The second-order valence-corrected chi connectivity index (χ2v) is 4.37. The minimum atomic E-state index is -0.184. The third-order valence-corrected chi connectivity index (χ3v) is 2.73. The van der Waals surface area contributed by atoms with Gasteiger partial charge in [0.15, 0.2) is 0 Å². The second-order valence-electron chi connectivity index (χ2n) is 4.37. The van der Waals surface area contributed by atoms with E-state index in [-0.39, 0.29) is 24.8 Å². The predicted octanol–water partition coefficient (Wildman–Crippen LogP) is 0.565. The van der Waals surface area contributed by atoms with Crippen molar-refractivity contribution in [1.29, 1.82) is 5.26 Å². The van der Waals surface area contributed by atoms with Gasteiger partial charge in [-0.05, 0) is 19.2 Å². The summed E-state index contributed by atoms with van der Waals surface area (Å²) in [5.41, 5.74) is 0.938. The number of anilines is 1. The lowest BCUT2D eigenvalue weighted by atomic mass is 10.2. The van der Waals surface area contributed by atoms with Crippen LogP contribution in [0.2, 0.25) is 0 Å². The van der Waals surface area contributed by atoms with E-state index in [0.29, 0.717) is 17.8 Å². The van der Waals surface area contributed by atoms with Gasteiger partial charge in [0.1, 0.15) is 6.07 Å². The molecule has 6 heteroatoms. The molecule has 0 saturated carbocycles. The van der Waals surface area contributed by atoms with E-state index >= 15 is 0 Å². The summed E-state index contributed by atoms with van der Waals surface area (Å²) in [7, 11) is 3.34. The molecule has 0 aliphatic carbocycles. The zero-order valence-electron chi connectivity index (χ0n) is 11.6. The molecule has 1 aromatic carbocycles. The average Bonchev–Trinajstić information content (AvgIpc) is 2.45. The van der Waals surface area contributed by atoms with E-state index in [1.54, 1.807) is 43.3 Å². The van der Waals surface area contributed by atoms with Gasteiger partial charge in [0.25, 0.3) is 0 Å². The summed E-state index contributed by atoms with van der Waals surface area (Å²) in [5, 5.41) is 14.1. The second kappa shape index (κ2) is 7.92. The summed E-state index contributed by atoms with van der Waals surface area (Å²) >= 11 is 0. The van der Waals surface area contributed by atoms with Crippen LogP contribution in [0.5, 0.6) is 0 Å². The first-order valence-electron chi connectivity index (χ1n) is 6.25. The van der Waals surface area contributed by atoms with Gasteiger partial charge >= 0.3 is 0 Å². The summed E-state index contributed by atoms with van der Waals surface area (Å²) in [6, 6.07) is 8.85. The average molecular weight is 274 g/mol. The van der Waals surface area contributed by atoms with Crippen LogP contribution in [0.1, 0.15) is 12.0 Å². The van der Waals surface area contributed by atoms with Crippen molar-refractivity contribution in [2.75, 3.05) is 32.5 Å². The highest BCUT2D eigenvalue weighted by atomic mass is 16.2. The molecule has 0 atom stereocenters. The minimum Gasteiger partial charge on any atom is -0.358 e. The Morgan fingerprint density at radius 1 is 1.30 bits per heavy atom. The number of para-hydroxylation sites is 1. The molecular formula is C14H18N4O2. The molecule has 2 N–H and O–H groups in total.